The van der Waals surface area contributed by atoms with Crippen molar-refractivity contribution < 1.29 is 4.79 Å². The average molecular weight is 195 g/mol. The Kier molecular flexibility index (Phi) is 2.42. The summed E-state index contributed by atoms with van der Waals surface area (Å²) in [5.41, 5.74) is 5.55. The molecule has 2 aliphatic rings. The molecule has 2 aliphatic carbocycles. The van der Waals surface area contributed by atoms with E-state index >= 15 is 0 Å². The highest BCUT2D eigenvalue weighted by Crippen LogP contribution is 2.41. The minimum absolute atomic E-state index is 0.272. The summed E-state index contributed by atoms with van der Waals surface area (Å²) in [5, 5.41) is 0. The van der Waals surface area contributed by atoms with Gasteiger partial charge in [0.25, 0.3) is 0 Å². The maximum absolute atomic E-state index is 12.0. The van der Waals surface area contributed by atoms with Crippen LogP contribution in [0, 0.1) is 17.8 Å². The molecule has 0 radical (unpaired) electrons. The van der Waals surface area contributed by atoms with Crippen LogP contribution in [0.5, 0.6) is 0 Å². The van der Waals surface area contributed by atoms with Crippen LogP contribution in [-0.4, -0.2) is 11.3 Å². The molecule has 0 aliphatic heterocycles. The molecule has 2 heteroatoms. The van der Waals surface area contributed by atoms with Crippen molar-refractivity contribution in [3.8, 4) is 0 Å². The molecule has 2 fully saturated rings. The molecule has 0 saturated heterocycles. The lowest BCUT2D eigenvalue weighted by molar-refractivity contribution is -0.126. The third kappa shape index (κ3) is 1.72. The predicted molar refractivity (Wildman–Crippen MR) is 56.8 cm³/mol. The Morgan fingerprint density at radius 3 is 2.36 bits per heavy atom. The zero-order valence-corrected chi connectivity index (χ0v) is 9.25. The molecule has 2 rings (SSSR count). The second kappa shape index (κ2) is 3.34. The third-order valence-corrected chi connectivity index (χ3v) is 4.25. The van der Waals surface area contributed by atoms with E-state index in [9.17, 15) is 4.79 Å². The summed E-state index contributed by atoms with van der Waals surface area (Å²) in [4.78, 5) is 12.0. The summed E-state index contributed by atoms with van der Waals surface area (Å²) in [6.07, 6.45) is 5.19. The molecule has 0 aromatic carbocycles. The highest BCUT2D eigenvalue weighted by Gasteiger charge is 2.48. The van der Waals surface area contributed by atoms with Gasteiger partial charge in [0.05, 0.1) is 5.54 Å². The molecule has 2 N–H and O–H groups in total. The molecule has 14 heavy (non-hydrogen) atoms. The first-order chi connectivity index (χ1) is 6.53. The first-order valence-electron chi connectivity index (χ1n) is 5.86. The van der Waals surface area contributed by atoms with Crippen LogP contribution < -0.4 is 5.73 Å². The number of ketones is 1. The van der Waals surface area contributed by atoms with Crippen molar-refractivity contribution in [2.45, 2.75) is 51.5 Å². The Hall–Kier alpha value is -0.370. The lowest BCUT2D eigenvalue weighted by Gasteiger charge is -2.32. The minimum Gasteiger partial charge on any atom is -0.319 e. The lowest BCUT2D eigenvalue weighted by atomic mass is 9.73. The van der Waals surface area contributed by atoms with Gasteiger partial charge in [0.15, 0.2) is 5.78 Å². The summed E-state index contributed by atoms with van der Waals surface area (Å²) in [6, 6.07) is 0. The Morgan fingerprint density at radius 1 is 1.21 bits per heavy atom. The number of Topliss-reactive ketones (excluding diaryl/α,β-unsaturated/α-hetero) is 1. The van der Waals surface area contributed by atoms with Gasteiger partial charge in [-0.25, -0.2) is 0 Å². The van der Waals surface area contributed by atoms with Crippen LogP contribution in [0.15, 0.2) is 0 Å². The van der Waals surface area contributed by atoms with Crippen molar-refractivity contribution in [2.75, 3.05) is 0 Å². The van der Waals surface area contributed by atoms with E-state index in [0.29, 0.717) is 11.7 Å². The molecule has 3 unspecified atom stereocenters. The van der Waals surface area contributed by atoms with Crippen molar-refractivity contribution in [2.24, 2.45) is 23.5 Å². The number of carbonyl (C=O) groups excluding carboxylic acids is 1. The van der Waals surface area contributed by atoms with Crippen molar-refractivity contribution in [1.82, 2.24) is 0 Å². The van der Waals surface area contributed by atoms with Crippen molar-refractivity contribution >= 4 is 5.78 Å². The fraction of sp³-hybridized carbons (Fsp3) is 0.917. The molecule has 0 aromatic heterocycles. The summed E-state index contributed by atoms with van der Waals surface area (Å²) < 4.78 is 0. The van der Waals surface area contributed by atoms with Crippen LogP contribution in [0.4, 0.5) is 0 Å². The van der Waals surface area contributed by atoms with Crippen LogP contribution in [0.3, 0.4) is 0 Å². The molecular formula is C12H21NO. The van der Waals surface area contributed by atoms with Crippen LogP contribution in [0.25, 0.3) is 0 Å². The van der Waals surface area contributed by atoms with Crippen LogP contribution in [0.2, 0.25) is 0 Å². The van der Waals surface area contributed by atoms with Crippen molar-refractivity contribution in [3.63, 3.8) is 0 Å². The van der Waals surface area contributed by atoms with Gasteiger partial charge in [0.2, 0.25) is 0 Å². The van der Waals surface area contributed by atoms with E-state index in [0.717, 1.165) is 31.6 Å². The molecule has 0 aromatic rings. The Labute approximate surface area is 86.2 Å². The van der Waals surface area contributed by atoms with E-state index in [4.69, 9.17) is 5.73 Å². The lowest BCUT2D eigenvalue weighted by Crippen LogP contribution is -2.40. The molecule has 0 amide bonds. The second-order valence-corrected chi connectivity index (χ2v) is 5.48. The number of carbonyl (C=O) groups is 1. The molecule has 3 atom stereocenters. The molecule has 2 nitrogen and oxygen atoms in total. The maximum atomic E-state index is 12.0. The summed E-state index contributed by atoms with van der Waals surface area (Å²) in [5.74, 6) is 2.11. The Morgan fingerprint density at radius 2 is 1.86 bits per heavy atom. The second-order valence-electron chi connectivity index (χ2n) is 5.48. The highest BCUT2D eigenvalue weighted by atomic mass is 16.1. The van der Waals surface area contributed by atoms with Gasteiger partial charge in [-0.2, -0.15) is 0 Å². The molecule has 0 bridgehead atoms. The van der Waals surface area contributed by atoms with Crippen molar-refractivity contribution in [1.29, 1.82) is 0 Å². The van der Waals surface area contributed by atoms with Crippen LogP contribution in [0.1, 0.15) is 46.0 Å². The predicted octanol–water partition coefficient (Wildman–Crippen LogP) is 2.12. The van der Waals surface area contributed by atoms with E-state index in [1.807, 2.05) is 0 Å². The van der Waals surface area contributed by atoms with Crippen molar-refractivity contribution in [3.05, 3.63) is 0 Å². The normalized spacial score (nSPS) is 40.6. The highest BCUT2D eigenvalue weighted by molar-refractivity contribution is 5.93. The molecule has 80 valence electrons. The number of hydrogen-bond donors (Lipinski definition) is 1. The first-order valence-corrected chi connectivity index (χ1v) is 5.86. The van der Waals surface area contributed by atoms with Crippen LogP contribution >= 0.6 is 0 Å². The number of rotatable bonds is 2. The minimum atomic E-state index is -0.398. The Bertz CT molecular complexity index is 245. The summed E-state index contributed by atoms with van der Waals surface area (Å²) in [6.45, 7) is 4.56. The third-order valence-electron chi connectivity index (χ3n) is 4.25. The van der Waals surface area contributed by atoms with Crippen LogP contribution in [-0.2, 0) is 4.79 Å². The first kappa shape index (κ1) is 10.2. The summed E-state index contributed by atoms with van der Waals surface area (Å²) >= 11 is 0. The van der Waals surface area contributed by atoms with Gasteiger partial charge >= 0.3 is 0 Å². The van der Waals surface area contributed by atoms with Gasteiger partial charge in [-0.15, -0.1) is 0 Å². The topological polar surface area (TPSA) is 43.1 Å². The largest absolute Gasteiger partial charge is 0.319 e. The number of hydrogen-bond acceptors (Lipinski definition) is 2. The smallest absolute Gasteiger partial charge is 0.155 e. The number of nitrogens with two attached hydrogens (primary N) is 1. The standard InChI is InChI=1S/C12H21NO/c1-8-3-4-10(7-9(8)2)11(14)12(13)5-6-12/h8-10H,3-7,13H2,1-2H3. The fourth-order valence-corrected chi connectivity index (χ4v) is 2.57. The Balaban J connectivity index is 1.96. The van der Waals surface area contributed by atoms with Gasteiger partial charge in [0, 0.05) is 5.92 Å². The van der Waals surface area contributed by atoms with Gasteiger partial charge in [-0.1, -0.05) is 13.8 Å². The summed E-state index contributed by atoms with van der Waals surface area (Å²) in [7, 11) is 0. The van der Waals surface area contributed by atoms with Gasteiger partial charge < -0.3 is 5.73 Å². The molecular weight excluding hydrogens is 174 g/mol. The quantitative estimate of drug-likeness (QED) is 0.733. The van der Waals surface area contributed by atoms with E-state index in [1.165, 1.54) is 6.42 Å². The van der Waals surface area contributed by atoms with Gasteiger partial charge in [-0.05, 0) is 43.9 Å². The molecule has 0 heterocycles. The van der Waals surface area contributed by atoms with Gasteiger partial charge in [0.1, 0.15) is 0 Å². The zero-order valence-electron chi connectivity index (χ0n) is 9.25. The fourth-order valence-electron chi connectivity index (χ4n) is 2.57. The van der Waals surface area contributed by atoms with Gasteiger partial charge in [-0.3, -0.25) is 4.79 Å². The SMILES string of the molecule is CC1CCC(C(=O)C2(N)CC2)CC1C. The van der Waals surface area contributed by atoms with E-state index in [-0.39, 0.29) is 5.92 Å². The van der Waals surface area contributed by atoms with E-state index in [2.05, 4.69) is 13.8 Å². The molecule has 0 spiro atoms. The molecule has 2 saturated carbocycles. The van der Waals surface area contributed by atoms with E-state index in [1.54, 1.807) is 0 Å². The zero-order chi connectivity index (χ0) is 10.3. The maximum Gasteiger partial charge on any atom is 0.155 e. The average Bonchev–Trinajstić information content (AvgIpc) is 2.89. The van der Waals surface area contributed by atoms with E-state index < -0.39 is 5.54 Å². The monoisotopic (exact) mass is 195 g/mol.